The molecule has 2 aliphatic heterocycles. The first-order valence-corrected chi connectivity index (χ1v) is 14.1. The van der Waals surface area contributed by atoms with Crippen molar-refractivity contribution >= 4 is 17.8 Å². The Morgan fingerprint density at radius 3 is 2.09 bits per heavy atom. The van der Waals surface area contributed by atoms with Gasteiger partial charge in [-0.2, -0.15) is 0 Å². The van der Waals surface area contributed by atoms with E-state index in [9.17, 15) is 22.4 Å². The fourth-order valence-corrected chi connectivity index (χ4v) is 4.92. The summed E-state index contributed by atoms with van der Waals surface area (Å²) in [5.74, 6) is -4.45. The second kappa shape index (κ2) is 16.4. The molecule has 10 nitrogen and oxygen atoms in total. The summed E-state index contributed by atoms with van der Waals surface area (Å²) in [6, 6.07) is 11.4. The molecule has 0 saturated carbocycles. The molecule has 2 atom stereocenters. The van der Waals surface area contributed by atoms with E-state index in [0.717, 1.165) is 50.9 Å². The van der Waals surface area contributed by atoms with E-state index < -0.39 is 18.3 Å². The average molecular weight is 629 g/mol. The lowest BCUT2D eigenvalue weighted by Gasteiger charge is -2.39. The summed E-state index contributed by atoms with van der Waals surface area (Å²) in [7, 11) is 0. The molecule has 44 heavy (non-hydrogen) atoms. The van der Waals surface area contributed by atoms with Gasteiger partial charge in [0.25, 0.3) is 0 Å². The molecule has 2 aromatic carbocycles. The first kappa shape index (κ1) is 34.7. The normalized spacial score (nSPS) is 19.4. The topological polar surface area (TPSA) is 126 Å². The number of ether oxygens (including phenoxy) is 3. The molecule has 2 saturated heterocycles. The van der Waals surface area contributed by atoms with E-state index >= 15 is 0 Å². The van der Waals surface area contributed by atoms with Gasteiger partial charge in [0.1, 0.15) is 11.6 Å². The van der Waals surface area contributed by atoms with Gasteiger partial charge in [-0.1, -0.05) is 24.3 Å². The van der Waals surface area contributed by atoms with Crippen LogP contribution in [0.5, 0.6) is 5.75 Å². The number of carbonyl (C=O) groups is 3. The maximum atomic E-state index is 13.4. The summed E-state index contributed by atoms with van der Waals surface area (Å²) in [5, 5.41) is 14.8. The summed E-state index contributed by atoms with van der Waals surface area (Å²) in [6.07, 6.45) is -1.43. The average Bonchev–Trinajstić information content (AvgIpc) is 2.97. The molecule has 0 aromatic heterocycles. The zero-order valence-electron chi connectivity index (χ0n) is 24.2. The smallest absolute Gasteiger partial charge is 0.473 e. The molecule has 2 fully saturated rings. The second-order valence-corrected chi connectivity index (χ2v) is 10.5. The Morgan fingerprint density at radius 1 is 0.955 bits per heavy atom. The van der Waals surface area contributed by atoms with Crippen molar-refractivity contribution in [2.24, 2.45) is 0 Å². The molecule has 1 unspecified atom stereocenters. The number of carbonyl (C=O) groups excluding carboxylic acids is 1. The number of halogens is 4. The molecule has 2 heterocycles. The van der Waals surface area contributed by atoms with Crippen LogP contribution in [0.3, 0.4) is 0 Å². The Morgan fingerprint density at radius 2 is 1.55 bits per heavy atom. The van der Waals surface area contributed by atoms with Gasteiger partial charge < -0.3 is 34.2 Å². The highest BCUT2D eigenvalue weighted by molar-refractivity contribution is 6.27. The number of carboxylic acid groups (broad SMARTS) is 2. The molecule has 242 valence electrons. The Hall–Kier alpha value is -3.75. The minimum Gasteiger partial charge on any atom is -0.473 e. The number of rotatable bonds is 9. The van der Waals surface area contributed by atoms with Crippen LogP contribution in [0.4, 0.5) is 17.6 Å². The van der Waals surface area contributed by atoms with Crippen LogP contribution in [0, 0.1) is 5.82 Å². The number of hydrogen-bond donors (Lipinski definition) is 2. The third-order valence-corrected chi connectivity index (χ3v) is 7.17. The molecule has 4 rings (SSSR count). The summed E-state index contributed by atoms with van der Waals surface area (Å²) in [5.41, 5.74) is 1.41. The van der Waals surface area contributed by atoms with Gasteiger partial charge in [0, 0.05) is 38.6 Å². The quantitative estimate of drug-likeness (QED) is 0.306. The van der Waals surface area contributed by atoms with Crippen molar-refractivity contribution in [1.82, 2.24) is 9.80 Å². The molecule has 2 N–H and O–H groups in total. The van der Waals surface area contributed by atoms with Crippen molar-refractivity contribution in [3.05, 3.63) is 65.5 Å². The summed E-state index contributed by atoms with van der Waals surface area (Å²) in [6.45, 7) is 5.60. The number of nitrogens with zero attached hydrogens (tertiary/aromatic N) is 2. The zero-order valence-corrected chi connectivity index (χ0v) is 24.2. The molecular weight excluding hydrogens is 592 g/mol. The molecule has 2 aromatic rings. The number of aliphatic carboxylic acids is 2. The molecule has 2 aliphatic rings. The Kier molecular flexibility index (Phi) is 12.9. The van der Waals surface area contributed by atoms with Crippen molar-refractivity contribution in [2.75, 3.05) is 26.2 Å². The van der Waals surface area contributed by atoms with Crippen LogP contribution in [0.15, 0.2) is 48.5 Å². The van der Waals surface area contributed by atoms with Crippen molar-refractivity contribution < 1.29 is 56.4 Å². The van der Waals surface area contributed by atoms with Gasteiger partial charge >= 0.3 is 18.3 Å². The van der Waals surface area contributed by atoms with E-state index in [1.54, 1.807) is 12.1 Å². The Labute approximate surface area is 252 Å². The van der Waals surface area contributed by atoms with Gasteiger partial charge in [-0.25, -0.2) is 14.0 Å². The number of benzene rings is 2. The van der Waals surface area contributed by atoms with Crippen LogP contribution in [-0.4, -0.2) is 88.9 Å². The predicted octanol–water partition coefficient (Wildman–Crippen LogP) is 4.46. The number of piperidine rings is 1. The highest BCUT2D eigenvalue weighted by atomic mass is 19.4. The SMILES string of the molecule is C[C@@H]1CCOC(CCN2CCC(N(Cc3ccc(F)cc3)C(=O)Cc3ccc(OC(F)(F)F)cc3)CC2)O1.O=C(O)C(=O)O. The Bertz CT molecular complexity index is 1210. The van der Waals surface area contributed by atoms with E-state index in [1.807, 2.05) is 4.90 Å². The highest BCUT2D eigenvalue weighted by Crippen LogP contribution is 2.25. The minimum atomic E-state index is -4.77. The fourth-order valence-electron chi connectivity index (χ4n) is 4.92. The lowest BCUT2D eigenvalue weighted by molar-refractivity contribution is -0.274. The summed E-state index contributed by atoms with van der Waals surface area (Å²) < 4.78 is 66.3. The molecule has 0 spiro atoms. The van der Waals surface area contributed by atoms with Crippen LogP contribution in [-0.2, 0) is 36.8 Å². The van der Waals surface area contributed by atoms with E-state index in [1.165, 1.54) is 36.4 Å². The molecule has 14 heteroatoms. The molecule has 0 radical (unpaired) electrons. The first-order valence-electron chi connectivity index (χ1n) is 14.1. The molecular formula is C30H36F4N2O8. The zero-order chi connectivity index (χ0) is 32.3. The largest absolute Gasteiger partial charge is 0.573 e. The van der Waals surface area contributed by atoms with Crippen LogP contribution in [0.2, 0.25) is 0 Å². The standard InChI is InChI=1S/C28H34F4N2O4.C2H2O4/c1-20-13-17-36-27(37-20)12-16-33-14-10-24(11-15-33)34(19-22-2-6-23(29)7-3-22)26(35)18-21-4-8-25(9-5-21)38-28(30,31)32;3-1(4)2(5)6/h2-9,20,24,27H,10-19H2,1H3;(H,3,4)(H,5,6)/t20-,27?;/m1./s1. The van der Waals surface area contributed by atoms with Crippen LogP contribution in [0.25, 0.3) is 0 Å². The van der Waals surface area contributed by atoms with E-state index in [2.05, 4.69) is 16.6 Å². The van der Waals surface area contributed by atoms with Gasteiger partial charge in [0.05, 0.1) is 19.1 Å². The van der Waals surface area contributed by atoms with Gasteiger partial charge in [0.2, 0.25) is 5.91 Å². The highest BCUT2D eigenvalue weighted by Gasteiger charge is 2.31. The number of likely N-dealkylation sites (tertiary alicyclic amines) is 1. The summed E-state index contributed by atoms with van der Waals surface area (Å²) in [4.78, 5) is 35.8. The Balaban J connectivity index is 0.000000801. The number of hydrogen-bond acceptors (Lipinski definition) is 7. The van der Waals surface area contributed by atoms with Crippen molar-refractivity contribution in [2.45, 2.75) is 70.4 Å². The van der Waals surface area contributed by atoms with Crippen LogP contribution >= 0.6 is 0 Å². The number of alkyl halides is 3. The van der Waals surface area contributed by atoms with Gasteiger partial charge in [-0.05, 0) is 61.6 Å². The maximum Gasteiger partial charge on any atom is 0.573 e. The van der Waals surface area contributed by atoms with Crippen molar-refractivity contribution in [3.8, 4) is 5.75 Å². The van der Waals surface area contributed by atoms with Gasteiger partial charge in [0.15, 0.2) is 6.29 Å². The van der Waals surface area contributed by atoms with Gasteiger partial charge in [-0.15, -0.1) is 13.2 Å². The van der Waals surface area contributed by atoms with E-state index in [0.29, 0.717) is 18.7 Å². The van der Waals surface area contributed by atoms with Crippen molar-refractivity contribution in [1.29, 1.82) is 0 Å². The van der Waals surface area contributed by atoms with Crippen LogP contribution in [0.1, 0.15) is 43.7 Å². The van der Waals surface area contributed by atoms with Crippen molar-refractivity contribution in [3.63, 3.8) is 0 Å². The third-order valence-electron chi connectivity index (χ3n) is 7.17. The lowest BCUT2D eigenvalue weighted by Crippen LogP contribution is -2.48. The number of carboxylic acids is 2. The fraction of sp³-hybridized carbons (Fsp3) is 0.500. The summed E-state index contributed by atoms with van der Waals surface area (Å²) >= 11 is 0. The third kappa shape index (κ3) is 12.1. The molecule has 0 aliphatic carbocycles. The lowest BCUT2D eigenvalue weighted by atomic mass is 10.0. The van der Waals surface area contributed by atoms with Crippen LogP contribution < -0.4 is 4.74 Å². The second-order valence-electron chi connectivity index (χ2n) is 10.5. The maximum absolute atomic E-state index is 13.4. The monoisotopic (exact) mass is 628 g/mol. The van der Waals surface area contributed by atoms with E-state index in [-0.39, 0.29) is 42.3 Å². The predicted molar refractivity (Wildman–Crippen MR) is 148 cm³/mol. The molecule has 0 bridgehead atoms. The molecule has 1 amide bonds. The first-order chi connectivity index (χ1) is 20.8. The van der Waals surface area contributed by atoms with E-state index in [4.69, 9.17) is 29.3 Å². The minimum absolute atomic E-state index is 0.00107. The number of amides is 1. The van der Waals surface area contributed by atoms with Gasteiger partial charge in [-0.3, -0.25) is 4.79 Å².